The Kier molecular flexibility index (Phi) is 7.92. The third kappa shape index (κ3) is 6.29. The van der Waals surface area contributed by atoms with Gasteiger partial charge in [0.15, 0.2) is 0 Å². The lowest BCUT2D eigenvalue weighted by Crippen LogP contribution is -2.48. The lowest BCUT2D eigenvalue weighted by Gasteiger charge is -2.35. The highest BCUT2D eigenvalue weighted by Crippen LogP contribution is 2.23. The highest BCUT2D eigenvalue weighted by atomic mass is 35.5. The molecule has 1 saturated heterocycles. The molecule has 0 unspecified atom stereocenters. The Labute approximate surface area is 205 Å². The van der Waals surface area contributed by atoms with Gasteiger partial charge in [-0.25, -0.2) is 0 Å². The molecule has 3 aromatic carbocycles. The number of ether oxygens (including phenoxy) is 1. The molecule has 0 spiro atoms. The van der Waals surface area contributed by atoms with E-state index in [1.165, 1.54) is 5.56 Å². The minimum atomic E-state index is 0.0633. The smallest absolute Gasteiger partial charge is 0.253 e. The molecule has 4 rings (SSSR count). The number of aryl methyl sites for hydroxylation is 1. The molecule has 1 amide bonds. The summed E-state index contributed by atoms with van der Waals surface area (Å²) in [6, 6.07) is 21.5. The van der Waals surface area contributed by atoms with Crippen LogP contribution < -0.4 is 4.74 Å². The van der Waals surface area contributed by atoms with Gasteiger partial charge in [0.05, 0.1) is 0 Å². The zero-order chi connectivity index (χ0) is 23.2. The Morgan fingerprint density at radius 3 is 2.36 bits per heavy atom. The van der Waals surface area contributed by atoms with Gasteiger partial charge < -0.3 is 9.64 Å². The summed E-state index contributed by atoms with van der Waals surface area (Å²) in [6.07, 6.45) is 1.01. The largest absolute Gasteiger partial charge is 0.489 e. The van der Waals surface area contributed by atoms with Crippen LogP contribution in [0.1, 0.15) is 34.0 Å². The maximum atomic E-state index is 13.1. The van der Waals surface area contributed by atoms with Crippen molar-refractivity contribution in [2.24, 2.45) is 0 Å². The number of piperazine rings is 1. The van der Waals surface area contributed by atoms with Gasteiger partial charge in [-0.1, -0.05) is 60.5 Å². The van der Waals surface area contributed by atoms with Crippen molar-refractivity contribution in [2.45, 2.75) is 26.5 Å². The Bertz CT molecular complexity index is 1090. The predicted molar refractivity (Wildman–Crippen MR) is 134 cm³/mol. The maximum absolute atomic E-state index is 13.1. The number of benzene rings is 3. The Balaban J connectivity index is 1.31. The van der Waals surface area contributed by atoms with E-state index in [9.17, 15) is 4.79 Å². The van der Waals surface area contributed by atoms with Crippen LogP contribution in [0.3, 0.4) is 0 Å². The van der Waals surface area contributed by atoms with Crippen molar-refractivity contribution in [1.82, 2.24) is 9.80 Å². The van der Waals surface area contributed by atoms with Gasteiger partial charge >= 0.3 is 0 Å². The average molecular weight is 483 g/mol. The minimum Gasteiger partial charge on any atom is -0.489 e. The summed E-state index contributed by atoms with van der Waals surface area (Å²) >= 11 is 12.3. The van der Waals surface area contributed by atoms with Gasteiger partial charge in [0.1, 0.15) is 12.4 Å². The Hall–Kier alpha value is -2.53. The molecule has 0 radical (unpaired) electrons. The second-order valence-corrected chi connectivity index (χ2v) is 9.13. The topological polar surface area (TPSA) is 32.8 Å². The van der Waals surface area contributed by atoms with E-state index in [1.54, 1.807) is 6.07 Å². The SMILES string of the molecule is CCc1ccc(OCc2cccc(C(=O)N3CCN(Cc4ccc(Cl)cc4Cl)CC3)c2)cc1. The third-order valence-corrected chi connectivity index (χ3v) is 6.57. The van der Waals surface area contributed by atoms with Crippen molar-refractivity contribution in [3.63, 3.8) is 0 Å². The molecular weight excluding hydrogens is 455 g/mol. The van der Waals surface area contributed by atoms with Gasteiger partial charge in [-0.2, -0.15) is 0 Å². The number of carbonyl (C=O) groups excluding carboxylic acids is 1. The summed E-state index contributed by atoms with van der Waals surface area (Å²) in [4.78, 5) is 17.3. The maximum Gasteiger partial charge on any atom is 0.253 e. The van der Waals surface area contributed by atoms with Crippen LogP contribution in [0.15, 0.2) is 66.7 Å². The van der Waals surface area contributed by atoms with Crippen LogP contribution in [-0.2, 0) is 19.6 Å². The summed E-state index contributed by atoms with van der Waals surface area (Å²) in [5.41, 5.74) is 4.02. The van der Waals surface area contributed by atoms with Crippen molar-refractivity contribution in [2.75, 3.05) is 26.2 Å². The molecule has 1 aliphatic heterocycles. The Morgan fingerprint density at radius 1 is 0.909 bits per heavy atom. The van der Waals surface area contributed by atoms with Gasteiger partial charge in [-0.3, -0.25) is 9.69 Å². The molecule has 0 saturated carbocycles. The average Bonchev–Trinajstić information content (AvgIpc) is 2.85. The van der Waals surface area contributed by atoms with E-state index >= 15 is 0 Å². The second kappa shape index (κ2) is 11.1. The molecule has 0 bridgehead atoms. The van der Waals surface area contributed by atoms with Crippen LogP contribution >= 0.6 is 23.2 Å². The molecule has 33 heavy (non-hydrogen) atoms. The van der Waals surface area contributed by atoms with Crippen LogP contribution in [0.25, 0.3) is 0 Å². The molecule has 0 aromatic heterocycles. The van der Waals surface area contributed by atoms with E-state index in [2.05, 4.69) is 24.0 Å². The van der Waals surface area contributed by atoms with Gasteiger partial charge in [0.25, 0.3) is 5.91 Å². The zero-order valence-electron chi connectivity index (χ0n) is 18.8. The first kappa shape index (κ1) is 23.6. The second-order valence-electron chi connectivity index (χ2n) is 8.29. The van der Waals surface area contributed by atoms with Crippen LogP contribution in [-0.4, -0.2) is 41.9 Å². The molecule has 6 heteroatoms. The summed E-state index contributed by atoms with van der Waals surface area (Å²) in [7, 11) is 0. The summed E-state index contributed by atoms with van der Waals surface area (Å²) in [5.74, 6) is 0.897. The van der Waals surface area contributed by atoms with E-state index in [0.717, 1.165) is 42.9 Å². The molecule has 3 aromatic rings. The van der Waals surface area contributed by atoms with E-state index in [4.69, 9.17) is 27.9 Å². The van der Waals surface area contributed by atoms with Gasteiger partial charge in [-0.15, -0.1) is 0 Å². The highest BCUT2D eigenvalue weighted by molar-refractivity contribution is 6.35. The van der Waals surface area contributed by atoms with Crippen LogP contribution in [0.5, 0.6) is 5.75 Å². The van der Waals surface area contributed by atoms with Crippen molar-refractivity contribution >= 4 is 29.1 Å². The van der Waals surface area contributed by atoms with Gasteiger partial charge in [-0.05, 0) is 59.5 Å². The molecule has 172 valence electrons. The lowest BCUT2D eigenvalue weighted by molar-refractivity contribution is 0.0628. The third-order valence-electron chi connectivity index (χ3n) is 5.98. The van der Waals surface area contributed by atoms with E-state index in [1.807, 2.05) is 53.4 Å². The van der Waals surface area contributed by atoms with Gasteiger partial charge in [0, 0.05) is 48.3 Å². The fourth-order valence-corrected chi connectivity index (χ4v) is 4.43. The molecule has 0 atom stereocenters. The fraction of sp³-hybridized carbons (Fsp3) is 0.296. The molecular formula is C27H28Cl2N2O2. The van der Waals surface area contributed by atoms with Crippen LogP contribution in [0, 0.1) is 0 Å². The molecule has 1 fully saturated rings. The zero-order valence-corrected chi connectivity index (χ0v) is 20.3. The summed E-state index contributed by atoms with van der Waals surface area (Å²) in [6.45, 7) is 6.31. The van der Waals surface area contributed by atoms with E-state index in [-0.39, 0.29) is 5.91 Å². The number of rotatable bonds is 7. The molecule has 0 aliphatic carbocycles. The van der Waals surface area contributed by atoms with Crippen molar-refractivity contribution < 1.29 is 9.53 Å². The molecule has 0 N–H and O–H groups in total. The van der Waals surface area contributed by atoms with Crippen molar-refractivity contribution in [1.29, 1.82) is 0 Å². The van der Waals surface area contributed by atoms with Crippen LogP contribution in [0.2, 0.25) is 10.0 Å². The quantitative estimate of drug-likeness (QED) is 0.408. The number of hydrogen-bond donors (Lipinski definition) is 0. The number of amides is 1. The lowest BCUT2D eigenvalue weighted by atomic mass is 10.1. The Morgan fingerprint density at radius 2 is 1.67 bits per heavy atom. The first-order valence-corrected chi connectivity index (χ1v) is 12.0. The molecule has 1 heterocycles. The fourth-order valence-electron chi connectivity index (χ4n) is 3.96. The van der Waals surface area contributed by atoms with Gasteiger partial charge in [0.2, 0.25) is 0 Å². The first-order valence-electron chi connectivity index (χ1n) is 11.3. The van der Waals surface area contributed by atoms with Crippen molar-refractivity contribution in [3.05, 3.63) is 99.0 Å². The molecule has 1 aliphatic rings. The number of hydrogen-bond acceptors (Lipinski definition) is 3. The van der Waals surface area contributed by atoms with E-state index < -0.39 is 0 Å². The standard InChI is InChI=1S/C27H28Cl2N2O2/c1-2-20-6-10-25(11-7-20)33-19-21-4-3-5-22(16-21)27(32)31-14-12-30(13-15-31)18-23-8-9-24(28)17-26(23)29/h3-11,16-17H,2,12-15,18-19H2,1H3. The number of nitrogens with zero attached hydrogens (tertiary/aromatic N) is 2. The summed E-state index contributed by atoms with van der Waals surface area (Å²) < 4.78 is 5.91. The minimum absolute atomic E-state index is 0.0633. The first-order chi connectivity index (χ1) is 16.0. The van der Waals surface area contributed by atoms with Crippen molar-refractivity contribution in [3.8, 4) is 5.75 Å². The monoisotopic (exact) mass is 482 g/mol. The van der Waals surface area contributed by atoms with E-state index in [0.29, 0.717) is 35.3 Å². The summed E-state index contributed by atoms with van der Waals surface area (Å²) in [5, 5.41) is 1.32. The molecule has 4 nitrogen and oxygen atoms in total. The predicted octanol–water partition coefficient (Wildman–Crippen LogP) is 6.09. The number of halogens is 2. The number of carbonyl (C=O) groups is 1. The highest BCUT2D eigenvalue weighted by Gasteiger charge is 2.22. The van der Waals surface area contributed by atoms with Crippen LogP contribution in [0.4, 0.5) is 0 Å². The normalized spacial score (nSPS) is 14.3.